The quantitative estimate of drug-likeness (QED) is 0.861. The molecule has 1 fully saturated rings. The largest absolute Gasteiger partial charge is 0.378 e. The zero-order valence-electron chi connectivity index (χ0n) is 10.8. The number of anilines is 1. The Morgan fingerprint density at radius 3 is 3.00 bits per heavy atom. The average Bonchev–Trinajstić information content (AvgIpc) is 2.47. The molecule has 0 bridgehead atoms. The lowest BCUT2D eigenvalue weighted by Gasteiger charge is -2.29. The van der Waals surface area contributed by atoms with Crippen LogP contribution >= 0.6 is 0 Å². The summed E-state index contributed by atoms with van der Waals surface area (Å²) in [6.07, 6.45) is 1.55. The molecule has 6 heteroatoms. The van der Waals surface area contributed by atoms with Gasteiger partial charge in [0.1, 0.15) is 17.8 Å². The molecule has 19 heavy (non-hydrogen) atoms. The molecule has 2 rings (SSSR count). The SMILES string of the molecule is CC(Nc1ccnc(C#N)c1)C(=O)N1CCOCC1. The molecule has 0 spiro atoms. The van der Waals surface area contributed by atoms with E-state index in [1.54, 1.807) is 23.2 Å². The summed E-state index contributed by atoms with van der Waals surface area (Å²) >= 11 is 0. The summed E-state index contributed by atoms with van der Waals surface area (Å²) in [6.45, 7) is 4.25. The highest BCUT2D eigenvalue weighted by molar-refractivity contribution is 5.84. The van der Waals surface area contributed by atoms with Gasteiger partial charge >= 0.3 is 0 Å². The van der Waals surface area contributed by atoms with Gasteiger partial charge in [0.05, 0.1) is 13.2 Å². The van der Waals surface area contributed by atoms with Crippen molar-refractivity contribution in [3.8, 4) is 6.07 Å². The fourth-order valence-corrected chi connectivity index (χ4v) is 1.95. The van der Waals surface area contributed by atoms with E-state index < -0.39 is 0 Å². The van der Waals surface area contributed by atoms with Gasteiger partial charge in [-0.15, -0.1) is 0 Å². The summed E-state index contributed by atoms with van der Waals surface area (Å²) in [4.78, 5) is 17.9. The first-order chi connectivity index (χ1) is 9.20. The minimum Gasteiger partial charge on any atom is -0.378 e. The summed E-state index contributed by atoms with van der Waals surface area (Å²) < 4.78 is 5.22. The fraction of sp³-hybridized carbons (Fsp3) is 0.462. The summed E-state index contributed by atoms with van der Waals surface area (Å²) in [7, 11) is 0. The van der Waals surface area contributed by atoms with Crippen LogP contribution in [0, 0.1) is 11.3 Å². The van der Waals surface area contributed by atoms with Gasteiger partial charge in [-0.05, 0) is 19.1 Å². The van der Waals surface area contributed by atoms with Gasteiger partial charge in [-0.1, -0.05) is 0 Å². The second-order valence-corrected chi connectivity index (χ2v) is 4.35. The number of ether oxygens (including phenoxy) is 1. The molecular weight excluding hydrogens is 244 g/mol. The first-order valence-corrected chi connectivity index (χ1v) is 6.20. The van der Waals surface area contributed by atoms with Crippen molar-refractivity contribution in [2.45, 2.75) is 13.0 Å². The minimum atomic E-state index is -0.341. The standard InChI is InChI=1S/C13H16N4O2/c1-10(13(18)17-4-6-19-7-5-17)16-11-2-3-15-12(8-11)9-14/h2-3,8,10H,4-7H2,1H3,(H,15,16). The van der Waals surface area contributed by atoms with Crippen LogP contribution in [-0.4, -0.2) is 48.1 Å². The highest BCUT2D eigenvalue weighted by Gasteiger charge is 2.22. The number of pyridine rings is 1. The van der Waals surface area contributed by atoms with Gasteiger partial charge in [-0.3, -0.25) is 4.79 Å². The Labute approximate surface area is 112 Å². The van der Waals surface area contributed by atoms with Gasteiger partial charge < -0.3 is 15.0 Å². The average molecular weight is 260 g/mol. The smallest absolute Gasteiger partial charge is 0.244 e. The van der Waals surface area contributed by atoms with Gasteiger partial charge in [0.15, 0.2) is 0 Å². The third-order valence-corrected chi connectivity index (χ3v) is 2.95. The lowest BCUT2D eigenvalue weighted by molar-refractivity contribution is -0.135. The maximum absolute atomic E-state index is 12.2. The van der Waals surface area contributed by atoms with Crippen molar-refractivity contribution in [2.75, 3.05) is 31.6 Å². The number of aromatic nitrogens is 1. The maximum Gasteiger partial charge on any atom is 0.244 e. The molecule has 1 aromatic rings. The maximum atomic E-state index is 12.2. The van der Waals surface area contributed by atoms with Crippen molar-refractivity contribution in [1.29, 1.82) is 5.26 Å². The highest BCUT2D eigenvalue weighted by Crippen LogP contribution is 2.10. The van der Waals surface area contributed by atoms with E-state index in [-0.39, 0.29) is 11.9 Å². The van der Waals surface area contributed by atoms with Crippen LogP contribution in [0.2, 0.25) is 0 Å². The van der Waals surface area contributed by atoms with Crippen LogP contribution < -0.4 is 5.32 Å². The molecule has 0 saturated carbocycles. The zero-order valence-corrected chi connectivity index (χ0v) is 10.8. The Kier molecular flexibility index (Phi) is 4.31. The van der Waals surface area contributed by atoms with Gasteiger partial charge in [0, 0.05) is 25.0 Å². The molecule has 0 radical (unpaired) electrons. The first-order valence-electron chi connectivity index (χ1n) is 6.20. The molecule has 1 aromatic heterocycles. The number of carbonyl (C=O) groups excluding carboxylic acids is 1. The molecule has 1 aliphatic heterocycles. The normalized spacial score (nSPS) is 16.5. The summed E-state index contributed by atoms with van der Waals surface area (Å²) in [5, 5.41) is 11.9. The Hall–Kier alpha value is -2.13. The van der Waals surface area contributed by atoms with E-state index in [2.05, 4.69) is 10.3 Å². The van der Waals surface area contributed by atoms with E-state index >= 15 is 0 Å². The second-order valence-electron chi connectivity index (χ2n) is 4.35. The number of morpholine rings is 1. The molecule has 6 nitrogen and oxygen atoms in total. The van der Waals surface area contributed by atoms with Crippen LogP contribution in [0.1, 0.15) is 12.6 Å². The number of amides is 1. The Bertz CT molecular complexity index is 492. The fourth-order valence-electron chi connectivity index (χ4n) is 1.95. The number of carbonyl (C=O) groups is 1. The summed E-state index contributed by atoms with van der Waals surface area (Å²) in [5.74, 6) is 0.0404. The Morgan fingerprint density at radius 1 is 1.58 bits per heavy atom. The molecule has 2 heterocycles. The molecule has 1 amide bonds. The third-order valence-electron chi connectivity index (χ3n) is 2.95. The van der Waals surface area contributed by atoms with E-state index in [0.717, 1.165) is 5.69 Å². The molecule has 0 aromatic carbocycles. The van der Waals surface area contributed by atoms with Crippen molar-refractivity contribution in [1.82, 2.24) is 9.88 Å². The predicted octanol–water partition coefficient (Wildman–Crippen LogP) is 0.612. The number of hydrogen-bond donors (Lipinski definition) is 1. The van der Waals surface area contributed by atoms with Crippen LogP contribution in [0.4, 0.5) is 5.69 Å². The molecule has 1 atom stereocenters. The minimum absolute atomic E-state index is 0.0404. The molecule has 100 valence electrons. The van der Waals surface area contributed by atoms with Gasteiger partial charge in [0.25, 0.3) is 0 Å². The van der Waals surface area contributed by atoms with Gasteiger partial charge in [0.2, 0.25) is 5.91 Å². The van der Waals surface area contributed by atoms with Crippen molar-refractivity contribution in [3.05, 3.63) is 24.0 Å². The van der Waals surface area contributed by atoms with Crippen molar-refractivity contribution < 1.29 is 9.53 Å². The predicted molar refractivity (Wildman–Crippen MR) is 69.4 cm³/mol. The van der Waals surface area contributed by atoms with Crippen LogP contribution in [0.5, 0.6) is 0 Å². The molecule has 1 N–H and O–H groups in total. The lowest BCUT2D eigenvalue weighted by Crippen LogP contribution is -2.47. The Morgan fingerprint density at radius 2 is 2.32 bits per heavy atom. The van der Waals surface area contributed by atoms with Crippen LogP contribution in [0.3, 0.4) is 0 Å². The molecule has 0 aliphatic carbocycles. The highest BCUT2D eigenvalue weighted by atomic mass is 16.5. The van der Waals surface area contributed by atoms with Crippen molar-refractivity contribution >= 4 is 11.6 Å². The Balaban J connectivity index is 1.97. The van der Waals surface area contributed by atoms with Crippen LogP contribution in [-0.2, 0) is 9.53 Å². The monoisotopic (exact) mass is 260 g/mol. The van der Waals surface area contributed by atoms with Crippen molar-refractivity contribution in [3.63, 3.8) is 0 Å². The van der Waals surface area contributed by atoms with E-state index in [9.17, 15) is 4.79 Å². The lowest BCUT2D eigenvalue weighted by atomic mass is 10.2. The number of nitrogens with zero attached hydrogens (tertiary/aromatic N) is 3. The number of hydrogen-bond acceptors (Lipinski definition) is 5. The van der Waals surface area contributed by atoms with E-state index in [1.807, 2.05) is 13.0 Å². The van der Waals surface area contributed by atoms with Crippen LogP contribution in [0.25, 0.3) is 0 Å². The number of nitriles is 1. The zero-order chi connectivity index (χ0) is 13.7. The molecule has 1 aliphatic rings. The number of nitrogens with one attached hydrogen (secondary N) is 1. The summed E-state index contributed by atoms with van der Waals surface area (Å²) in [5.41, 5.74) is 1.05. The molecule has 1 saturated heterocycles. The molecule has 1 unspecified atom stereocenters. The summed E-state index contributed by atoms with van der Waals surface area (Å²) in [6, 6.07) is 5.00. The van der Waals surface area contributed by atoms with E-state index in [1.165, 1.54) is 0 Å². The topological polar surface area (TPSA) is 78.2 Å². The third kappa shape index (κ3) is 3.42. The second kappa shape index (κ2) is 6.16. The van der Waals surface area contributed by atoms with E-state index in [4.69, 9.17) is 10.00 Å². The first kappa shape index (κ1) is 13.3. The van der Waals surface area contributed by atoms with Gasteiger partial charge in [-0.2, -0.15) is 5.26 Å². The van der Waals surface area contributed by atoms with Crippen LogP contribution in [0.15, 0.2) is 18.3 Å². The van der Waals surface area contributed by atoms with E-state index in [0.29, 0.717) is 32.0 Å². The van der Waals surface area contributed by atoms with Crippen molar-refractivity contribution in [2.24, 2.45) is 0 Å². The molecular formula is C13H16N4O2. The van der Waals surface area contributed by atoms with Gasteiger partial charge in [-0.25, -0.2) is 4.98 Å². The number of rotatable bonds is 3.